The van der Waals surface area contributed by atoms with E-state index in [0.29, 0.717) is 18.1 Å². The molecule has 0 bridgehead atoms. The van der Waals surface area contributed by atoms with Gasteiger partial charge in [0, 0.05) is 36.1 Å². The highest BCUT2D eigenvalue weighted by Crippen LogP contribution is 2.58. The van der Waals surface area contributed by atoms with Crippen molar-refractivity contribution >= 4 is 11.8 Å². The maximum Gasteiger partial charge on any atom is 0.0691 e. The third-order valence-corrected chi connectivity index (χ3v) is 6.31. The van der Waals surface area contributed by atoms with Crippen molar-refractivity contribution < 1.29 is 4.74 Å². The van der Waals surface area contributed by atoms with Crippen LogP contribution >= 0.6 is 11.8 Å². The van der Waals surface area contributed by atoms with E-state index in [9.17, 15) is 0 Å². The molecule has 4 atom stereocenters. The van der Waals surface area contributed by atoms with Gasteiger partial charge >= 0.3 is 0 Å². The summed E-state index contributed by atoms with van der Waals surface area (Å²) in [7, 11) is 2.22. The van der Waals surface area contributed by atoms with E-state index in [0.717, 1.165) is 19.6 Å². The van der Waals surface area contributed by atoms with Gasteiger partial charge in [-0.25, -0.2) is 0 Å². The molecule has 1 saturated heterocycles. The maximum atomic E-state index is 6.81. The Labute approximate surface area is 122 Å². The lowest BCUT2D eigenvalue weighted by atomic mass is 9.48. The average Bonchev–Trinajstić information content (AvgIpc) is 2.83. The Morgan fingerprint density at radius 2 is 2.16 bits per heavy atom. The van der Waals surface area contributed by atoms with Gasteiger partial charge in [0.05, 0.1) is 6.10 Å². The largest absolute Gasteiger partial charge is 0.377 e. The van der Waals surface area contributed by atoms with Crippen molar-refractivity contribution in [1.29, 1.82) is 0 Å². The predicted molar refractivity (Wildman–Crippen MR) is 83.6 cm³/mol. The van der Waals surface area contributed by atoms with Gasteiger partial charge in [-0.05, 0) is 38.8 Å². The van der Waals surface area contributed by atoms with Crippen LogP contribution in [0.2, 0.25) is 0 Å². The van der Waals surface area contributed by atoms with Gasteiger partial charge in [0.25, 0.3) is 0 Å². The van der Waals surface area contributed by atoms with E-state index in [1.54, 1.807) is 0 Å². The molecule has 2 aliphatic rings. The Balaban J connectivity index is 1.97. The smallest absolute Gasteiger partial charge is 0.0691 e. The van der Waals surface area contributed by atoms with Crippen molar-refractivity contribution in [2.24, 2.45) is 17.1 Å². The van der Waals surface area contributed by atoms with E-state index in [2.05, 4.69) is 39.0 Å². The molecule has 3 nitrogen and oxygen atoms in total. The maximum absolute atomic E-state index is 6.81. The number of fused-ring (bicyclic) bond motifs is 1. The van der Waals surface area contributed by atoms with Crippen LogP contribution in [0.3, 0.4) is 0 Å². The molecular formula is C15H30N2OS. The van der Waals surface area contributed by atoms with Crippen LogP contribution in [0.5, 0.6) is 0 Å². The summed E-state index contributed by atoms with van der Waals surface area (Å²) in [5.74, 6) is 1.78. The summed E-state index contributed by atoms with van der Waals surface area (Å²) in [6, 6.07) is 0.602. The van der Waals surface area contributed by atoms with Crippen molar-refractivity contribution in [1.82, 2.24) is 4.90 Å². The monoisotopic (exact) mass is 286 g/mol. The second-order valence-electron chi connectivity index (χ2n) is 6.99. The summed E-state index contributed by atoms with van der Waals surface area (Å²) in [6.07, 6.45) is 4.93. The predicted octanol–water partition coefficient (Wildman–Crippen LogP) is 2.20. The SMILES string of the molecule is CSCCC(C)N(C)CC1(N)C2CCOC2C1(C)C. The number of rotatable bonds is 6. The van der Waals surface area contributed by atoms with E-state index in [1.807, 2.05) is 11.8 Å². The Bertz CT molecular complexity index is 323. The fraction of sp³-hybridized carbons (Fsp3) is 1.00. The first-order valence-corrected chi connectivity index (χ1v) is 8.83. The number of hydrogen-bond acceptors (Lipinski definition) is 4. The highest BCUT2D eigenvalue weighted by atomic mass is 32.2. The molecule has 1 aliphatic heterocycles. The van der Waals surface area contributed by atoms with E-state index in [-0.39, 0.29) is 11.0 Å². The Kier molecular flexibility index (Phi) is 4.56. The summed E-state index contributed by atoms with van der Waals surface area (Å²) in [5.41, 5.74) is 6.82. The van der Waals surface area contributed by atoms with Crippen LogP contribution in [0, 0.1) is 11.3 Å². The second kappa shape index (κ2) is 5.55. The summed E-state index contributed by atoms with van der Waals surface area (Å²) < 4.78 is 5.87. The first kappa shape index (κ1) is 15.6. The van der Waals surface area contributed by atoms with Gasteiger partial charge in [0.15, 0.2) is 0 Å². The van der Waals surface area contributed by atoms with Crippen LogP contribution in [0.4, 0.5) is 0 Å². The number of hydrogen-bond donors (Lipinski definition) is 1. The first-order chi connectivity index (χ1) is 8.84. The molecule has 0 aromatic heterocycles. The van der Waals surface area contributed by atoms with Gasteiger partial charge in [-0.15, -0.1) is 0 Å². The van der Waals surface area contributed by atoms with Gasteiger partial charge < -0.3 is 15.4 Å². The highest BCUT2D eigenvalue weighted by Gasteiger charge is 2.67. The number of ether oxygens (including phenoxy) is 1. The Morgan fingerprint density at radius 1 is 1.47 bits per heavy atom. The van der Waals surface area contributed by atoms with Crippen molar-refractivity contribution in [3.05, 3.63) is 0 Å². The topological polar surface area (TPSA) is 38.5 Å². The number of likely N-dealkylation sites (N-methyl/N-ethyl adjacent to an activating group) is 1. The summed E-state index contributed by atoms with van der Waals surface area (Å²) >= 11 is 1.92. The van der Waals surface area contributed by atoms with E-state index < -0.39 is 0 Å². The zero-order valence-electron chi connectivity index (χ0n) is 13.1. The van der Waals surface area contributed by atoms with Gasteiger partial charge in [0.1, 0.15) is 0 Å². The van der Waals surface area contributed by atoms with Crippen LogP contribution in [0.1, 0.15) is 33.6 Å². The average molecular weight is 286 g/mol. The molecule has 4 heteroatoms. The molecule has 4 unspecified atom stereocenters. The lowest BCUT2D eigenvalue weighted by Crippen LogP contribution is -2.78. The zero-order chi connectivity index (χ0) is 14.3. The van der Waals surface area contributed by atoms with E-state index >= 15 is 0 Å². The molecule has 2 fully saturated rings. The van der Waals surface area contributed by atoms with Crippen molar-refractivity contribution in [3.63, 3.8) is 0 Å². The van der Waals surface area contributed by atoms with E-state index in [1.165, 1.54) is 12.2 Å². The fourth-order valence-corrected chi connectivity index (χ4v) is 4.45. The van der Waals surface area contributed by atoms with Crippen LogP contribution in [0.25, 0.3) is 0 Å². The van der Waals surface area contributed by atoms with Gasteiger partial charge in [-0.2, -0.15) is 11.8 Å². The molecule has 0 aromatic carbocycles. The van der Waals surface area contributed by atoms with Crippen molar-refractivity contribution in [3.8, 4) is 0 Å². The lowest BCUT2D eigenvalue weighted by molar-refractivity contribution is -0.163. The molecule has 0 aromatic rings. The number of nitrogens with zero attached hydrogens (tertiary/aromatic N) is 1. The molecule has 2 N–H and O–H groups in total. The molecule has 0 radical (unpaired) electrons. The Hall–Kier alpha value is 0.230. The molecule has 2 rings (SSSR count). The third kappa shape index (κ3) is 2.45. The summed E-state index contributed by atoms with van der Waals surface area (Å²) in [4.78, 5) is 2.45. The molecule has 1 saturated carbocycles. The van der Waals surface area contributed by atoms with E-state index in [4.69, 9.17) is 10.5 Å². The van der Waals surface area contributed by atoms with Crippen LogP contribution in [-0.4, -0.2) is 54.8 Å². The van der Waals surface area contributed by atoms with Gasteiger partial charge in [-0.1, -0.05) is 13.8 Å². The fourth-order valence-electron chi connectivity index (χ4n) is 3.87. The minimum absolute atomic E-state index is 0.0868. The van der Waals surface area contributed by atoms with Gasteiger partial charge in [0.2, 0.25) is 0 Å². The third-order valence-electron chi connectivity index (χ3n) is 5.67. The quantitative estimate of drug-likeness (QED) is 0.812. The molecule has 1 aliphatic carbocycles. The van der Waals surface area contributed by atoms with Crippen molar-refractivity contribution in [2.45, 2.75) is 51.3 Å². The molecule has 0 spiro atoms. The minimum atomic E-state index is -0.0868. The Morgan fingerprint density at radius 3 is 2.79 bits per heavy atom. The first-order valence-electron chi connectivity index (χ1n) is 7.44. The standard InChI is InChI=1S/C15H30N2OS/c1-11(7-9-19-5)17(4)10-15(16)12-6-8-18-13(12)14(15,2)3/h11-13H,6-10,16H2,1-5H3. The zero-order valence-corrected chi connectivity index (χ0v) is 13.9. The van der Waals surface area contributed by atoms with Crippen LogP contribution in [-0.2, 0) is 4.74 Å². The highest BCUT2D eigenvalue weighted by molar-refractivity contribution is 7.98. The number of thioether (sulfide) groups is 1. The van der Waals surface area contributed by atoms with Crippen LogP contribution < -0.4 is 5.73 Å². The molecule has 19 heavy (non-hydrogen) atoms. The molecular weight excluding hydrogens is 256 g/mol. The van der Waals surface area contributed by atoms with Crippen molar-refractivity contribution in [2.75, 3.05) is 32.2 Å². The van der Waals surface area contributed by atoms with Crippen LogP contribution in [0.15, 0.2) is 0 Å². The number of nitrogens with two attached hydrogens (primary N) is 1. The normalized spacial score (nSPS) is 38.1. The van der Waals surface area contributed by atoms with Gasteiger partial charge in [-0.3, -0.25) is 0 Å². The minimum Gasteiger partial charge on any atom is -0.377 e. The molecule has 0 amide bonds. The molecule has 112 valence electrons. The lowest BCUT2D eigenvalue weighted by Gasteiger charge is -2.63. The summed E-state index contributed by atoms with van der Waals surface area (Å²) in [6.45, 7) is 8.75. The molecule has 1 heterocycles. The second-order valence-corrected chi connectivity index (χ2v) is 7.98. The summed E-state index contributed by atoms with van der Waals surface area (Å²) in [5, 5.41) is 0.